The van der Waals surface area contributed by atoms with Crippen LogP contribution in [0.5, 0.6) is 11.5 Å². The van der Waals surface area contributed by atoms with Gasteiger partial charge in [-0.25, -0.2) is 0 Å². The highest BCUT2D eigenvalue weighted by molar-refractivity contribution is 7.39. The van der Waals surface area contributed by atoms with Gasteiger partial charge in [0.25, 0.3) is 0 Å². The van der Waals surface area contributed by atoms with Gasteiger partial charge in [0, 0.05) is 22.9 Å². The molecule has 4 aromatic carbocycles. The predicted molar refractivity (Wildman–Crippen MR) is 157 cm³/mol. The van der Waals surface area contributed by atoms with Gasteiger partial charge in [0.05, 0.1) is 14.2 Å². The molecule has 0 unspecified atom stereocenters. The summed E-state index contributed by atoms with van der Waals surface area (Å²) in [4.78, 5) is 0. The standard InChI is InChI=1S/C32H34NO4P/c1-21-17-27-28-18-22(2)20-30(35-6)32(28)37-38(36-31(27)29(19-21)34-5)33(23(3)25-13-9-7-10-14-25)24(4)26-15-11-8-12-16-26/h7-20,23-24H,1-6H3/t23-,24+. The summed E-state index contributed by atoms with van der Waals surface area (Å²) in [6.45, 7) is 8.53. The summed E-state index contributed by atoms with van der Waals surface area (Å²) in [5, 5.41) is 1.87. The Hall–Kier alpha value is -3.66. The predicted octanol–water partition coefficient (Wildman–Crippen LogP) is 9.38. The van der Waals surface area contributed by atoms with E-state index >= 15 is 0 Å². The van der Waals surface area contributed by atoms with Gasteiger partial charge in [-0.15, -0.1) is 0 Å². The van der Waals surface area contributed by atoms with Crippen molar-refractivity contribution in [3.8, 4) is 11.5 Å². The van der Waals surface area contributed by atoms with E-state index in [-0.39, 0.29) is 12.1 Å². The highest BCUT2D eigenvalue weighted by Gasteiger charge is 2.29. The molecule has 0 amide bonds. The van der Waals surface area contributed by atoms with Gasteiger partial charge in [0.15, 0.2) is 22.7 Å². The fourth-order valence-corrected chi connectivity index (χ4v) is 6.77. The Morgan fingerprint density at radius 2 is 1.03 bits per heavy atom. The van der Waals surface area contributed by atoms with E-state index < -0.39 is 8.16 Å². The number of aryl methyl sites for hydroxylation is 2. The third-order valence-electron chi connectivity index (χ3n) is 7.01. The van der Waals surface area contributed by atoms with E-state index in [9.17, 15) is 0 Å². The molecule has 1 aromatic heterocycles. The van der Waals surface area contributed by atoms with Crippen molar-refractivity contribution in [2.45, 2.75) is 39.8 Å². The molecule has 0 radical (unpaired) electrons. The van der Waals surface area contributed by atoms with Crippen LogP contribution in [0.1, 0.15) is 48.2 Å². The first-order valence-corrected chi connectivity index (χ1v) is 14.0. The van der Waals surface area contributed by atoms with E-state index in [0.717, 1.165) is 21.9 Å². The van der Waals surface area contributed by atoms with Crippen LogP contribution in [0.15, 0.2) is 93.3 Å². The Kier molecular flexibility index (Phi) is 7.51. The molecule has 5 aromatic rings. The maximum Gasteiger partial charge on any atom is 0.311 e. The highest BCUT2D eigenvalue weighted by Crippen LogP contribution is 2.48. The molecule has 2 atom stereocenters. The van der Waals surface area contributed by atoms with Crippen molar-refractivity contribution in [2.75, 3.05) is 18.9 Å². The second kappa shape index (κ2) is 11.0. The van der Waals surface area contributed by atoms with E-state index in [1.807, 2.05) is 24.3 Å². The first-order chi connectivity index (χ1) is 18.4. The SMILES string of the molecule is COc1cc(C)cc2c1op(N([C@H](C)c1ccccc1)[C@@H](C)c1ccccc1)oc1c(OC)cc(C)cc12. The lowest BCUT2D eigenvalue weighted by molar-refractivity contribution is 0.410. The molecular formula is C32H34NO4P. The Balaban J connectivity index is 1.89. The Labute approximate surface area is 225 Å². The molecule has 0 spiro atoms. The quantitative estimate of drug-likeness (QED) is 0.211. The number of hydrogen-bond donors (Lipinski definition) is 0. The molecule has 0 fully saturated rings. The molecule has 196 valence electrons. The van der Waals surface area contributed by atoms with Crippen molar-refractivity contribution in [3.05, 3.63) is 107 Å². The number of benzene rings is 4. The van der Waals surface area contributed by atoms with Crippen molar-refractivity contribution >= 4 is 30.1 Å². The van der Waals surface area contributed by atoms with E-state index in [4.69, 9.17) is 17.9 Å². The van der Waals surface area contributed by atoms with E-state index in [1.54, 1.807) is 14.2 Å². The molecule has 5 rings (SSSR count). The topological polar surface area (TPSA) is 48.0 Å². The monoisotopic (exact) mass is 527 g/mol. The maximum atomic E-state index is 6.89. The average Bonchev–Trinajstić information content (AvgIpc) is 3.10. The number of rotatable bonds is 7. The molecule has 0 saturated heterocycles. The van der Waals surface area contributed by atoms with Gasteiger partial charge in [-0.05, 0) is 74.2 Å². The summed E-state index contributed by atoms with van der Waals surface area (Å²) in [6, 6.07) is 29.2. The largest absolute Gasteiger partial charge is 0.493 e. The van der Waals surface area contributed by atoms with Crippen LogP contribution < -0.4 is 14.1 Å². The van der Waals surface area contributed by atoms with Crippen LogP contribution >= 0.6 is 8.16 Å². The zero-order valence-corrected chi connectivity index (χ0v) is 23.7. The fraction of sp³-hybridized carbons (Fsp3) is 0.250. The third-order valence-corrected chi connectivity index (χ3v) is 8.76. The molecule has 0 aliphatic rings. The van der Waals surface area contributed by atoms with E-state index in [2.05, 4.69) is 93.0 Å². The van der Waals surface area contributed by atoms with Gasteiger partial charge in [0.1, 0.15) is 0 Å². The molecule has 0 saturated carbocycles. The molecular weight excluding hydrogens is 493 g/mol. The molecule has 0 aliphatic heterocycles. The molecule has 38 heavy (non-hydrogen) atoms. The summed E-state index contributed by atoms with van der Waals surface area (Å²) in [5.41, 5.74) is 5.88. The summed E-state index contributed by atoms with van der Waals surface area (Å²) in [5.74, 6) is 1.37. The lowest BCUT2D eigenvalue weighted by Gasteiger charge is -2.31. The average molecular weight is 528 g/mol. The van der Waals surface area contributed by atoms with Crippen LogP contribution in [0.2, 0.25) is 0 Å². The van der Waals surface area contributed by atoms with Crippen molar-refractivity contribution in [2.24, 2.45) is 0 Å². The van der Waals surface area contributed by atoms with Gasteiger partial charge < -0.3 is 17.9 Å². The Morgan fingerprint density at radius 3 is 1.39 bits per heavy atom. The van der Waals surface area contributed by atoms with Crippen molar-refractivity contribution in [1.29, 1.82) is 0 Å². The van der Waals surface area contributed by atoms with Gasteiger partial charge >= 0.3 is 8.16 Å². The minimum atomic E-state index is -1.65. The summed E-state index contributed by atoms with van der Waals surface area (Å²) in [6.07, 6.45) is 0. The second-order valence-electron chi connectivity index (χ2n) is 9.66. The van der Waals surface area contributed by atoms with Gasteiger partial charge in [-0.1, -0.05) is 60.7 Å². The van der Waals surface area contributed by atoms with Gasteiger partial charge in [-0.3, -0.25) is 0 Å². The molecule has 0 aliphatic carbocycles. The maximum absolute atomic E-state index is 6.89. The zero-order valence-electron chi connectivity index (χ0n) is 22.8. The van der Waals surface area contributed by atoms with Gasteiger partial charge in [-0.2, -0.15) is 4.67 Å². The normalized spacial score (nSPS) is 13.0. The molecule has 0 bridgehead atoms. The number of methoxy groups -OCH3 is 2. The van der Waals surface area contributed by atoms with Crippen molar-refractivity contribution in [3.63, 3.8) is 0 Å². The molecule has 0 N–H and O–H groups in total. The second-order valence-corrected chi connectivity index (χ2v) is 11.0. The highest BCUT2D eigenvalue weighted by atomic mass is 31.1. The smallest absolute Gasteiger partial charge is 0.311 e. The van der Waals surface area contributed by atoms with Crippen LogP contribution in [-0.2, 0) is 0 Å². The van der Waals surface area contributed by atoms with Crippen LogP contribution in [0.3, 0.4) is 0 Å². The van der Waals surface area contributed by atoms with Crippen LogP contribution in [0.4, 0.5) is 0 Å². The molecule has 5 nitrogen and oxygen atoms in total. The van der Waals surface area contributed by atoms with Crippen LogP contribution in [0.25, 0.3) is 21.9 Å². The third kappa shape index (κ3) is 4.92. The Morgan fingerprint density at radius 1 is 0.632 bits per heavy atom. The summed E-state index contributed by atoms with van der Waals surface area (Å²) in [7, 11) is 1.71. The van der Waals surface area contributed by atoms with Crippen molar-refractivity contribution in [1.82, 2.24) is 0 Å². The van der Waals surface area contributed by atoms with Crippen LogP contribution in [0, 0.1) is 13.8 Å². The number of nitrogens with zero attached hydrogens (tertiary/aromatic N) is 1. The van der Waals surface area contributed by atoms with E-state index in [1.165, 1.54) is 11.1 Å². The summed E-state index contributed by atoms with van der Waals surface area (Å²) < 4.78 is 27.8. The van der Waals surface area contributed by atoms with Crippen LogP contribution in [-0.4, -0.2) is 14.2 Å². The minimum absolute atomic E-state index is 0.00426. The zero-order chi connectivity index (χ0) is 26.8. The van der Waals surface area contributed by atoms with Crippen molar-refractivity contribution < 1.29 is 17.9 Å². The fourth-order valence-electron chi connectivity index (χ4n) is 5.03. The van der Waals surface area contributed by atoms with E-state index in [0.29, 0.717) is 22.7 Å². The first-order valence-electron chi connectivity index (χ1n) is 12.8. The molecule has 1 heterocycles. The first kappa shape index (κ1) is 26.0. The number of fused-ring (bicyclic) bond motifs is 3. The number of ether oxygens (including phenoxy) is 2. The minimum Gasteiger partial charge on any atom is -0.493 e. The summed E-state index contributed by atoms with van der Waals surface area (Å²) >= 11 is 0. The van der Waals surface area contributed by atoms with Gasteiger partial charge in [0.2, 0.25) is 0 Å². The lowest BCUT2D eigenvalue weighted by Crippen LogP contribution is -2.27. The molecule has 6 heteroatoms. The lowest BCUT2D eigenvalue weighted by atomic mass is 10.0. The Bertz CT molecular complexity index is 1480. The number of hydrogen-bond acceptors (Lipinski definition) is 5.